The minimum Gasteiger partial charge on any atom is -0.392 e. The van der Waals surface area contributed by atoms with Gasteiger partial charge in [0.25, 0.3) is 0 Å². The Morgan fingerprint density at radius 3 is 2.15 bits per heavy atom. The lowest BCUT2D eigenvalue weighted by Gasteiger charge is -2.34. The lowest BCUT2D eigenvalue weighted by Crippen LogP contribution is -2.46. The lowest BCUT2D eigenvalue weighted by molar-refractivity contribution is -0.185. The topological polar surface area (TPSA) is 46.3 Å². The van der Waals surface area contributed by atoms with Crippen molar-refractivity contribution in [3.05, 3.63) is 0 Å². The van der Waals surface area contributed by atoms with Crippen LogP contribution in [-0.4, -0.2) is 34.6 Å². The molecule has 20 heavy (non-hydrogen) atoms. The second-order valence-corrected chi connectivity index (χ2v) is 6.14. The molecule has 1 amide bonds. The summed E-state index contributed by atoms with van der Waals surface area (Å²) in [5.41, 5.74) is 5.47. The Morgan fingerprint density at radius 2 is 1.80 bits per heavy atom. The van der Waals surface area contributed by atoms with E-state index in [1.54, 1.807) is 4.90 Å². The van der Waals surface area contributed by atoms with Gasteiger partial charge in [-0.1, -0.05) is 12.2 Å². The van der Waals surface area contributed by atoms with Crippen molar-refractivity contribution < 1.29 is 18.0 Å². The Bertz CT molecular complexity index is 363. The van der Waals surface area contributed by atoms with Crippen LogP contribution in [0.5, 0.6) is 0 Å². The first-order chi connectivity index (χ1) is 9.12. The first-order valence-electron chi connectivity index (χ1n) is 6.78. The molecule has 0 atom stereocenters. The van der Waals surface area contributed by atoms with Crippen LogP contribution in [0.4, 0.5) is 13.2 Å². The van der Waals surface area contributed by atoms with E-state index in [0.717, 1.165) is 0 Å². The third-order valence-electron chi connectivity index (χ3n) is 3.77. The summed E-state index contributed by atoms with van der Waals surface area (Å²) < 4.78 is 37.8. The minimum absolute atomic E-state index is 0.0267. The Kier molecular flexibility index (Phi) is 5.79. The molecule has 0 bridgehead atoms. The summed E-state index contributed by atoms with van der Waals surface area (Å²) in [6.07, 6.45) is -3.53. The molecule has 0 heterocycles. The van der Waals surface area contributed by atoms with E-state index in [1.165, 1.54) is 0 Å². The number of nitrogens with zero attached hydrogens (tertiary/aromatic N) is 1. The molecule has 1 saturated carbocycles. The van der Waals surface area contributed by atoms with Crippen LogP contribution in [0.3, 0.4) is 0 Å². The van der Waals surface area contributed by atoms with Gasteiger partial charge in [-0.05, 0) is 39.5 Å². The van der Waals surface area contributed by atoms with Gasteiger partial charge in [0.15, 0.2) is 0 Å². The number of alkyl halides is 3. The maximum Gasteiger partial charge on any atom is 0.391 e. The van der Waals surface area contributed by atoms with E-state index in [-0.39, 0.29) is 55.1 Å². The summed E-state index contributed by atoms with van der Waals surface area (Å²) >= 11 is 4.81. The number of nitrogens with two attached hydrogens (primary N) is 1. The molecule has 116 valence electrons. The first kappa shape index (κ1) is 17.2. The fraction of sp³-hybridized carbons (Fsp3) is 0.846. The van der Waals surface area contributed by atoms with Crippen LogP contribution in [0.2, 0.25) is 0 Å². The molecular formula is C13H21F3N2OS. The van der Waals surface area contributed by atoms with Crippen molar-refractivity contribution >= 4 is 23.1 Å². The molecule has 0 aliphatic heterocycles. The van der Waals surface area contributed by atoms with Crippen molar-refractivity contribution in [3.63, 3.8) is 0 Å². The number of carbonyl (C=O) groups is 1. The quantitative estimate of drug-likeness (QED) is 0.812. The molecule has 0 unspecified atom stereocenters. The van der Waals surface area contributed by atoms with Gasteiger partial charge in [0.05, 0.1) is 17.5 Å². The minimum atomic E-state index is -4.15. The summed E-state index contributed by atoms with van der Waals surface area (Å²) in [7, 11) is 0. The summed E-state index contributed by atoms with van der Waals surface area (Å²) in [5, 5.41) is 0. The van der Waals surface area contributed by atoms with Crippen molar-refractivity contribution in [1.82, 2.24) is 4.90 Å². The largest absolute Gasteiger partial charge is 0.392 e. The number of amides is 1. The number of halogens is 3. The van der Waals surface area contributed by atoms with Crippen LogP contribution < -0.4 is 5.73 Å². The summed E-state index contributed by atoms with van der Waals surface area (Å²) in [4.78, 5) is 14.1. The highest BCUT2D eigenvalue weighted by molar-refractivity contribution is 7.80. The zero-order valence-electron chi connectivity index (χ0n) is 11.7. The maximum atomic E-state index is 12.6. The Morgan fingerprint density at radius 1 is 1.30 bits per heavy atom. The molecule has 0 aromatic heterocycles. The molecule has 2 N–H and O–H groups in total. The molecule has 1 aliphatic rings. The first-order valence-corrected chi connectivity index (χ1v) is 7.19. The van der Waals surface area contributed by atoms with E-state index in [1.807, 2.05) is 13.8 Å². The van der Waals surface area contributed by atoms with Gasteiger partial charge in [-0.3, -0.25) is 4.79 Å². The van der Waals surface area contributed by atoms with Gasteiger partial charge in [-0.15, -0.1) is 0 Å². The molecule has 0 radical (unpaired) electrons. The smallest absolute Gasteiger partial charge is 0.391 e. The number of hydrogen-bond acceptors (Lipinski definition) is 2. The predicted octanol–water partition coefficient (Wildman–Crippen LogP) is 2.88. The highest BCUT2D eigenvalue weighted by Gasteiger charge is 2.43. The number of carbonyl (C=O) groups excluding carboxylic acids is 1. The summed E-state index contributed by atoms with van der Waals surface area (Å²) in [6.45, 7) is 3.88. The van der Waals surface area contributed by atoms with Gasteiger partial charge in [0.1, 0.15) is 0 Å². The van der Waals surface area contributed by atoms with Crippen molar-refractivity contribution in [2.24, 2.45) is 17.6 Å². The van der Waals surface area contributed by atoms with E-state index >= 15 is 0 Å². The van der Waals surface area contributed by atoms with Crippen LogP contribution in [0, 0.1) is 11.8 Å². The molecule has 3 nitrogen and oxygen atoms in total. The van der Waals surface area contributed by atoms with E-state index in [4.69, 9.17) is 18.0 Å². The second kappa shape index (κ2) is 6.74. The summed E-state index contributed by atoms with van der Waals surface area (Å²) in [5.74, 6) is -1.74. The fourth-order valence-corrected chi connectivity index (χ4v) is 2.72. The number of rotatable bonds is 4. The van der Waals surface area contributed by atoms with Gasteiger partial charge in [-0.2, -0.15) is 13.2 Å². The Labute approximate surface area is 122 Å². The van der Waals surface area contributed by atoms with Gasteiger partial charge in [-0.25, -0.2) is 0 Å². The van der Waals surface area contributed by atoms with Crippen LogP contribution in [-0.2, 0) is 4.79 Å². The predicted molar refractivity (Wildman–Crippen MR) is 75.1 cm³/mol. The Hall–Kier alpha value is -0.850. The molecule has 0 saturated heterocycles. The van der Waals surface area contributed by atoms with Crippen molar-refractivity contribution in [1.29, 1.82) is 0 Å². The third kappa shape index (κ3) is 4.61. The molecule has 1 aliphatic carbocycles. The van der Waals surface area contributed by atoms with Crippen LogP contribution in [0.25, 0.3) is 0 Å². The summed E-state index contributed by atoms with van der Waals surface area (Å²) in [6, 6.07) is -0.0654. The Balaban J connectivity index is 2.63. The van der Waals surface area contributed by atoms with E-state index < -0.39 is 12.1 Å². The van der Waals surface area contributed by atoms with Gasteiger partial charge in [0, 0.05) is 12.0 Å². The second-order valence-electron chi connectivity index (χ2n) is 5.62. The number of thiocarbonyl (C=S) groups is 1. The normalized spacial score (nSPS) is 23.7. The standard InChI is InChI=1S/C13H21F3N2OS/c1-8(2)18(7-11(17)20)12(19)9-3-5-10(6-4-9)13(14,15)16/h8-10H,3-7H2,1-2H3,(H2,17,20). The van der Waals surface area contributed by atoms with Crippen LogP contribution in [0.1, 0.15) is 39.5 Å². The lowest BCUT2D eigenvalue weighted by atomic mass is 9.81. The zero-order chi connectivity index (χ0) is 15.5. The van der Waals surface area contributed by atoms with E-state index in [9.17, 15) is 18.0 Å². The van der Waals surface area contributed by atoms with E-state index in [2.05, 4.69) is 0 Å². The van der Waals surface area contributed by atoms with Gasteiger partial charge >= 0.3 is 6.18 Å². The van der Waals surface area contributed by atoms with Gasteiger partial charge in [0.2, 0.25) is 5.91 Å². The molecule has 1 rings (SSSR count). The van der Waals surface area contributed by atoms with Crippen LogP contribution >= 0.6 is 12.2 Å². The molecular weight excluding hydrogens is 289 g/mol. The van der Waals surface area contributed by atoms with E-state index in [0.29, 0.717) is 0 Å². The molecule has 0 aromatic carbocycles. The van der Waals surface area contributed by atoms with Crippen molar-refractivity contribution in [2.45, 2.75) is 51.7 Å². The molecule has 0 spiro atoms. The highest BCUT2D eigenvalue weighted by atomic mass is 32.1. The maximum absolute atomic E-state index is 12.6. The number of hydrogen-bond donors (Lipinski definition) is 1. The van der Waals surface area contributed by atoms with Crippen molar-refractivity contribution in [2.75, 3.05) is 6.54 Å². The van der Waals surface area contributed by atoms with Crippen molar-refractivity contribution in [3.8, 4) is 0 Å². The highest BCUT2D eigenvalue weighted by Crippen LogP contribution is 2.40. The SMILES string of the molecule is CC(C)N(CC(N)=S)C(=O)C1CCC(C(F)(F)F)CC1. The molecule has 7 heteroatoms. The van der Waals surface area contributed by atoms with Gasteiger partial charge < -0.3 is 10.6 Å². The fourth-order valence-electron chi connectivity index (χ4n) is 2.59. The third-order valence-corrected chi connectivity index (χ3v) is 3.90. The average molecular weight is 310 g/mol. The molecule has 0 aromatic rings. The average Bonchev–Trinajstić information content (AvgIpc) is 2.33. The monoisotopic (exact) mass is 310 g/mol. The van der Waals surface area contributed by atoms with Crippen LogP contribution in [0.15, 0.2) is 0 Å². The zero-order valence-corrected chi connectivity index (χ0v) is 12.6. The molecule has 1 fully saturated rings.